The Morgan fingerprint density at radius 3 is 2.54 bits per heavy atom. The van der Waals surface area contributed by atoms with E-state index in [1.807, 2.05) is 0 Å². The average molecular weight is 185 g/mol. The minimum Gasteiger partial charge on any atom is -0.314 e. The van der Waals surface area contributed by atoms with Gasteiger partial charge in [0.1, 0.15) is 5.67 Å². The van der Waals surface area contributed by atoms with Crippen molar-refractivity contribution in [2.24, 2.45) is 11.8 Å². The van der Waals surface area contributed by atoms with Crippen LogP contribution in [0.2, 0.25) is 0 Å². The van der Waals surface area contributed by atoms with Crippen molar-refractivity contribution in [3.8, 4) is 0 Å². The van der Waals surface area contributed by atoms with E-state index < -0.39 is 5.67 Å². The molecule has 2 aliphatic rings. The van der Waals surface area contributed by atoms with Gasteiger partial charge in [-0.05, 0) is 31.7 Å². The lowest BCUT2D eigenvalue weighted by Gasteiger charge is -2.39. The molecule has 0 aromatic carbocycles. The van der Waals surface area contributed by atoms with E-state index >= 15 is 0 Å². The van der Waals surface area contributed by atoms with Gasteiger partial charge in [0.15, 0.2) is 0 Å². The minimum atomic E-state index is -0.951. The van der Waals surface area contributed by atoms with Crippen LogP contribution in [-0.2, 0) is 0 Å². The van der Waals surface area contributed by atoms with Crippen molar-refractivity contribution in [1.82, 2.24) is 5.32 Å². The summed E-state index contributed by atoms with van der Waals surface area (Å²) in [4.78, 5) is 0. The quantitative estimate of drug-likeness (QED) is 0.662. The molecule has 0 aromatic rings. The van der Waals surface area contributed by atoms with Gasteiger partial charge in [-0.2, -0.15) is 0 Å². The molecule has 0 radical (unpaired) electrons. The first-order chi connectivity index (χ1) is 6.20. The monoisotopic (exact) mass is 185 g/mol. The van der Waals surface area contributed by atoms with Crippen molar-refractivity contribution < 1.29 is 4.39 Å². The van der Waals surface area contributed by atoms with Gasteiger partial charge in [0.05, 0.1) is 0 Å². The van der Waals surface area contributed by atoms with Gasteiger partial charge < -0.3 is 5.32 Å². The van der Waals surface area contributed by atoms with Crippen LogP contribution < -0.4 is 5.32 Å². The fourth-order valence-corrected chi connectivity index (χ4v) is 3.11. The van der Waals surface area contributed by atoms with E-state index in [1.54, 1.807) is 6.92 Å². The minimum absolute atomic E-state index is 0.330. The molecule has 1 saturated heterocycles. The summed E-state index contributed by atoms with van der Waals surface area (Å²) < 4.78 is 14.1. The molecule has 1 heterocycles. The van der Waals surface area contributed by atoms with Crippen molar-refractivity contribution in [3.63, 3.8) is 0 Å². The topological polar surface area (TPSA) is 12.0 Å². The standard InChI is InChI=1S/C11H20FN/c1-11(12)8-13-7-6-10(11)9-4-2-3-5-9/h9-10,13H,2-8H2,1H3. The Balaban J connectivity index is 2.02. The first-order valence-corrected chi connectivity index (χ1v) is 5.60. The van der Waals surface area contributed by atoms with Crippen molar-refractivity contribution in [2.45, 2.75) is 44.7 Å². The highest BCUT2D eigenvalue weighted by Crippen LogP contribution is 2.41. The van der Waals surface area contributed by atoms with Crippen LogP contribution >= 0.6 is 0 Å². The molecule has 1 nitrogen and oxygen atoms in total. The molecular formula is C11H20FN. The van der Waals surface area contributed by atoms with Gasteiger partial charge in [0.25, 0.3) is 0 Å². The smallest absolute Gasteiger partial charge is 0.123 e. The summed E-state index contributed by atoms with van der Waals surface area (Å²) in [5.41, 5.74) is -0.951. The van der Waals surface area contributed by atoms with E-state index in [-0.39, 0.29) is 0 Å². The van der Waals surface area contributed by atoms with Gasteiger partial charge in [-0.3, -0.25) is 0 Å². The van der Waals surface area contributed by atoms with E-state index in [0.29, 0.717) is 18.4 Å². The van der Waals surface area contributed by atoms with E-state index in [9.17, 15) is 4.39 Å². The molecule has 0 aromatic heterocycles. The number of hydrogen-bond acceptors (Lipinski definition) is 1. The molecule has 76 valence electrons. The Kier molecular flexibility index (Phi) is 2.59. The molecule has 2 unspecified atom stereocenters. The number of halogens is 1. The maximum Gasteiger partial charge on any atom is 0.123 e. The van der Waals surface area contributed by atoms with Crippen LogP contribution in [0.3, 0.4) is 0 Å². The van der Waals surface area contributed by atoms with E-state index in [1.165, 1.54) is 25.7 Å². The third-order valence-corrected chi connectivity index (χ3v) is 3.84. The second kappa shape index (κ2) is 3.56. The van der Waals surface area contributed by atoms with Crippen molar-refractivity contribution in [1.29, 1.82) is 0 Å². The van der Waals surface area contributed by atoms with E-state index in [0.717, 1.165) is 13.0 Å². The van der Waals surface area contributed by atoms with Crippen LogP contribution in [0.15, 0.2) is 0 Å². The van der Waals surface area contributed by atoms with E-state index in [2.05, 4.69) is 5.32 Å². The normalized spacial score (nSPS) is 42.5. The van der Waals surface area contributed by atoms with Crippen LogP contribution in [0, 0.1) is 11.8 Å². The third kappa shape index (κ3) is 1.88. The zero-order chi connectivity index (χ0) is 9.31. The fraction of sp³-hybridized carbons (Fsp3) is 1.00. The molecule has 2 fully saturated rings. The predicted molar refractivity (Wildman–Crippen MR) is 52.4 cm³/mol. The van der Waals surface area contributed by atoms with Crippen LogP contribution in [0.4, 0.5) is 4.39 Å². The fourth-order valence-electron chi connectivity index (χ4n) is 3.11. The molecule has 1 saturated carbocycles. The highest BCUT2D eigenvalue weighted by Gasteiger charge is 2.41. The molecular weight excluding hydrogens is 165 g/mol. The lowest BCUT2D eigenvalue weighted by atomic mass is 9.75. The van der Waals surface area contributed by atoms with Gasteiger partial charge in [-0.15, -0.1) is 0 Å². The summed E-state index contributed by atoms with van der Waals surface area (Å²) in [6.07, 6.45) is 6.22. The Morgan fingerprint density at radius 2 is 1.92 bits per heavy atom. The SMILES string of the molecule is CC1(F)CNCCC1C1CCCC1. The number of rotatable bonds is 1. The number of nitrogens with one attached hydrogen (secondary N) is 1. The van der Waals surface area contributed by atoms with Gasteiger partial charge in [-0.25, -0.2) is 4.39 Å². The maximum atomic E-state index is 14.1. The summed E-state index contributed by atoms with van der Waals surface area (Å²) in [5.74, 6) is 1.01. The largest absolute Gasteiger partial charge is 0.314 e. The van der Waals surface area contributed by atoms with Crippen molar-refractivity contribution in [2.75, 3.05) is 13.1 Å². The van der Waals surface area contributed by atoms with Crippen molar-refractivity contribution in [3.05, 3.63) is 0 Å². The van der Waals surface area contributed by atoms with Gasteiger partial charge >= 0.3 is 0 Å². The van der Waals surface area contributed by atoms with Gasteiger partial charge in [0, 0.05) is 6.54 Å². The molecule has 2 heteroatoms. The van der Waals surface area contributed by atoms with Crippen LogP contribution in [-0.4, -0.2) is 18.8 Å². The van der Waals surface area contributed by atoms with E-state index in [4.69, 9.17) is 0 Å². The molecule has 0 spiro atoms. The average Bonchev–Trinajstić information content (AvgIpc) is 2.55. The summed E-state index contributed by atoms with van der Waals surface area (Å²) in [6.45, 7) is 3.36. The zero-order valence-corrected chi connectivity index (χ0v) is 8.48. The Labute approximate surface area is 80.1 Å². The highest BCUT2D eigenvalue weighted by atomic mass is 19.1. The Morgan fingerprint density at radius 1 is 1.23 bits per heavy atom. The zero-order valence-electron chi connectivity index (χ0n) is 8.48. The summed E-state index contributed by atoms with van der Waals surface area (Å²) in [6, 6.07) is 0. The molecule has 13 heavy (non-hydrogen) atoms. The predicted octanol–water partition coefficient (Wildman–Crippen LogP) is 2.51. The highest BCUT2D eigenvalue weighted by molar-refractivity contribution is 4.93. The summed E-state index contributed by atoms with van der Waals surface area (Å²) in [7, 11) is 0. The van der Waals surface area contributed by atoms with Gasteiger partial charge in [0.2, 0.25) is 0 Å². The van der Waals surface area contributed by atoms with Gasteiger partial charge in [-0.1, -0.05) is 25.7 Å². The Hall–Kier alpha value is -0.110. The summed E-state index contributed by atoms with van der Waals surface area (Å²) >= 11 is 0. The van der Waals surface area contributed by atoms with Crippen LogP contribution in [0.1, 0.15) is 39.0 Å². The maximum absolute atomic E-state index is 14.1. The van der Waals surface area contributed by atoms with Crippen LogP contribution in [0.5, 0.6) is 0 Å². The third-order valence-electron chi connectivity index (χ3n) is 3.84. The number of alkyl halides is 1. The first kappa shape index (κ1) is 9.45. The molecule has 1 N–H and O–H groups in total. The summed E-state index contributed by atoms with van der Waals surface area (Å²) in [5, 5.41) is 3.15. The Bertz CT molecular complexity index is 173. The van der Waals surface area contributed by atoms with Crippen LogP contribution in [0.25, 0.3) is 0 Å². The number of hydrogen-bond donors (Lipinski definition) is 1. The molecule has 0 amide bonds. The molecule has 2 atom stereocenters. The lowest BCUT2D eigenvalue weighted by molar-refractivity contribution is 0.0344. The lowest BCUT2D eigenvalue weighted by Crippen LogP contribution is -2.49. The van der Waals surface area contributed by atoms with Crippen molar-refractivity contribution >= 4 is 0 Å². The molecule has 2 rings (SSSR count). The first-order valence-electron chi connectivity index (χ1n) is 5.60. The second-order valence-corrected chi connectivity index (χ2v) is 4.89. The molecule has 0 bridgehead atoms. The second-order valence-electron chi connectivity index (χ2n) is 4.89. The molecule has 1 aliphatic heterocycles. The molecule has 1 aliphatic carbocycles. The number of piperidine rings is 1.